The zero-order valence-corrected chi connectivity index (χ0v) is 57.9. The highest BCUT2D eigenvalue weighted by atomic mass is 16.8. The summed E-state index contributed by atoms with van der Waals surface area (Å²) in [5.41, 5.74) is 0.260. The van der Waals surface area contributed by atoms with Crippen LogP contribution in [0.1, 0.15) is 33.9 Å². The summed E-state index contributed by atoms with van der Waals surface area (Å²) in [5.74, 6) is -9.12. The Morgan fingerprint density at radius 3 is 1.25 bits per heavy atom. The summed E-state index contributed by atoms with van der Waals surface area (Å²) in [6.45, 7) is -4.26. The normalized spacial score (nSPS) is 33.4. The predicted octanol–water partition coefficient (Wildman–Crippen LogP) is -4.93. The third-order valence-corrected chi connectivity index (χ3v) is 18.5. The molecule has 0 radical (unpaired) electrons. The molecule has 5 aromatic rings. The highest BCUT2D eigenvalue weighted by Crippen LogP contribution is 2.48. The van der Waals surface area contributed by atoms with Crippen molar-refractivity contribution in [3.05, 3.63) is 137 Å². The van der Waals surface area contributed by atoms with Crippen molar-refractivity contribution in [3.63, 3.8) is 0 Å². The number of esters is 3. The molecule has 5 saturated heterocycles. The van der Waals surface area contributed by atoms with Gasteiger partial charge in [0.1, 0.15) is 159 Å². The van der Waals surface area contributed by atoms with Crippen molar-refractivity contribution in [2.45, 2.75) is 160 Å². The molecule has 26 atom stereocenters. The Morgan fingerprint density at radius 2 is 0.759 bits per heavy atom. The van der Waals surface area contributed by atoms with Crippen LogP contribution in [0.5, 0.6) is 63.2 Å². The number of carbonyl (C=O) groups excluding carboxylic acids is 3. The van der Waals surface area contributed by atoms with Gasteiger partial charge in [0.2, 0.25) is 25.2 Å². The number of aliphatic hydroxyl groups excluding tert-OH is 16. The molecule has 6 aliphatic heterocycles. The third-order valence-electron chi connectivity index (χ3n) is 18.5. The minimum absolute atomic E-state index is 0.0523. The SMILES string of the molecule is O=C(C=Cc1ccc(O)c(O)c1)OCC1OC(Oc2ccc(C=CC(=O)OCC3OC(OC4=Cc5c(cc(O)cc5OC5OC(CO)C(O)C(O)C5O)OC4c4ccc(O)c(O)c4)C(OC4OC(COC(=O)C=Cc5ccc(O)c(OC6OC(CO)C(O)C(O)C6O)c5)C(O)C(O)C4O)C(O)C3O)cc2O)C(O)C(O)C1O. The van der Waals surface area contributed by atoms with Crippen LogP contribution >= 0.6 is 0 Å². The minimum atomic E-state index is -2.32. The van der Waals surface area contributed by atoms with Gasteiger partial charge in [-0.05, 0) is 89.5 Å². The number of benzene rings is 5. The molecule has 0 aliphatic carbocycles. The number of rotatable bonds is 25. The number of ether oxygens (including phenoxy) is 14. The number of phenols is 7. The fraction of sp³-hybridized carbons (Fsp3) is 0.431. The molecule has 6 aliphatic rings. The lowest BCUT2D eigenvalue weighted by Gasteiger charge is -2.46. The van der Waals surface area contributed by atoms with E-state index in [1.54, 1.807) is 0 Å². The predicted molar refractivity (Wildman–Crippen MR) is 365 cm³/mol. The van der Waals surface area contributed by atoms with E-state index < -0.39 is 262 Å². The van der Waals surface area contributed by atoms with E-state index in [-0.39, 0.29) is 39.5 Å². The number of carbonyl (C=O) groups is 3. The van der Waals surface area contributed by atoms with Crippen molar-refractivity contribution in [3.8, 4) is 63.2 Å². The molecule has 112 heavy (non-hydrogen) atoms. The Balaban J connectivity index is 0.812. The third kappa shape index (κ3) is 18.9. The van der Waals surface area contributed by atoms with Gasteiger partial charge in [0.15, 0.2) is 64.5 Å². The smallest absolute Gasteiger partial charge is 0.330 e. The Bertz CT molecular complexity index is 4240. The van der Waals surface area contributed by atoms with Crippen LogP contribution in [0.2, 0.25) is 0 Å². The fourth-order valence-electron chi connectivity index (χ4n) is 12.2. The van der Waals surface area contributed by atoms with Gasteiger partial charge >= 0.3 is 17.9 Å². The van der Waals surface area contributed by atoms with Gasteiger partial charge in [-0.3, -0.25) is 0 Å². The van der Waals surface area contributed by atoms with Crippen LogP contribution < -0.4 is 18.9 Å². The minimum Gasteiger partial charge on any atom is -0.508 e. The van der Waals surface area contributed by atoms with E-state index in [4.69, 9.17) is 66.3 Å². The van der Waals surface area contributed by atoms with Gasteiger partial charge in [-0.25, -0.2) is 14.4 Å². The van der Waals surface area contributed by atoms with Crippen LogP contribution in [-0.4, -0.2) is 322 Å². The van der Waals surface area contributed by atoms with Gasteiger partial charge in [-0.2, -0.15) is 0 Å². The lowest BCUT2D eigenvalue weighted by Crippen LogP contribution is -2.64. The monoisotopic (exact) mass is 1580 g/mol. The van der Waals surface area contributed by atoms with E-state index in [0.717, 1.165) is 91.1 Å². The summed E-state index contributed by atoms with van der Waals surface area (Å²) in [5, 5.41) is 245. The number of aliphatic hydroxyl groups is 16. The van der Waals surface area contributed by atoms with E-state index in [9.17, 15) is 132 Å². The molecule has 0 bridgehead atoms. The number of hydrogen-bond donors (Lipinski definition) is 23. The first-order valence-electron chi connectivity index (χ1n) is 34.1. The zero-order valence-electron chi connectivity index (χ0n) is 57.9. The summed E-state index contributed by atoms with van der Waals surface area (Å²) in [7, 11) is 0. The van der Waals surface area contributed by atoms with Crippen molar-refractivity contribution in [2.24, 2.45) is 0 Å². The van der Waals surface area contributed by atoms with Gasteiger partial charge in [-0.15, -0.1) is 0 Å². The van der Waals surface area contributed by atoms with Gasteiger partial charge < -0.3 is 184 Å². The first kappa shape index (κ1) is 83.1. The Hall–Kier alpha value is -9.81. The van der Waals surface area contributed by atoms with Crippen LogP contribution in [0.3, 0.4) is 0 Å². The van der Waals surface area contributed by atoms with E-state index in [2.05, 4.69) is 0 Å². The van der Waals surface area contributed by atoms with E-state index in [1.807, 2.05) is 0 Å². The Labute approximate surface area is 631 Å². The van der Waals surface area contributed by atoms with Crippen LogP contribution in [0.4, 0.5) is 0 Å². The second-order valence-corrected chi connectivity index (χ2v) is 26.3. The maximum Gasteiger partial charge on any atom is 0.330 e. The largest absolute Gasteiger partial charge is 0.508 e. The average Bonchev–Trinajstić information content (AvgIpc) is 0.763. The number of phenolic OH excluding ortho intramolecular Hbond substituents is 7. The maximum atomic E-state index is 13.5. The van der Waals surface area contributed by atoms with Gasteiger partial charge in [-0.1, -0.05) is 24.3 Å². The highest BCUT2D eigenvalue weighted by Gasteiger charge is 2.54. The van der Waals surface area contributed by atoms with Crippen molar-refractivity contribution in [1.29, 1.82) is 0 Å². The van der Waals surface area contributed by atoms with Crippen molar-refractivity contribution in [1.82, 2.24) is 0 Å². The maximum absolute atomic E-state index is 13.5. The molecule has 11 rings (SSSR count). The summed E-state index contributed by atoms with van der Waals surface area (Å²) in [6.07, 6.45) is -42.5. The molecule has 26 unspecified atom stereocenters. The zero-order chi connectivity index (χ0) is 80.8. The Kier molecular flexibility index (Phi) is 26.7. The molecular formula is C72H80O40. The average molecular weight is 1590 g/mol. The van der Waals surface area contributed by atoms with Crippen LogP contribution in [0.15, 0.2) is 109 Å². The molecule has 608 valence electrons. The lowest BCUT2D eigenvalue weighted by atomic mass is 9.97. The molecular weight excluding hydrogens is 1500 g/mol. The van der Waals surface area contributed by atoms with Crippen molar-refractivity contribution < 1.29 is 198 Å². The van der Waals surface area contributed by atoms with Crippen LogP contribution in [-0.2, 0) is 61.8 Å². The highest BCUT2D eigenvalue weighted by molar-refractivity contribution is 5.88. The van der Waals surface area contributed by atoms with Crippen LogP contribution in [0.25, 0.3) is 24.3 Å². The molecule has 5 aromatic carbocycles. The van der Waals surface area contributed by atoms with Gasteiger partial charge in [0, 0.05) is 35.9 Å². The van der Waals surface area contributed by atoms with Crippen LogP contribution in [0, 0.1) is 0 Å². The molecule has 23 N–H and O–H groups in total. The summed E-state index contributed by atoms with van der Waals surface area (Å²) in [6, 6.07) is 16.1. The fourth-order valence-corrected chi connectivity index (χ4v) is 12.2. The second kappa shape index (κ2) is 35.9. The first-order valence-corrected chi connectivity index (χ1v) is 34.1. The summed E-state index contributed by atoms with van der Waals surface area (Å²) in [4.78, 5) is 39.3. The molecule has 0 aromatic heterocycles. The second-order valence-electron chi connectivity index (χ2n) is 26.3. The summed E-state index contributed by atoms with van der Waals surface area (Å²) < 4.78 is 80.4. The first-order chi connectivity index (χ1) is 53.3. The molecule has 40 nitrogen and oxygen atoms in total. The summed E-state index contributed by atoms with van der Waals surface area (Å²) >= 11 is 0. The van der Waals surface area contributed by atoms with E-state index in [1.165, 1.54) is 36.4 Å². The lowest BCUT2D eigenvalue weighted by molar-refractivity contribution is -0.364. The van der Waals surface area contributed by atoms with E-state index in [0.29, 0.717) is 5.56 Å². The molecule has 0 spiro atoms. The van der Waals surface area contributed by atoms with E-state index >= 15 is 0 Å². The van der Waals surface area contributed by atoms with Crippen molar-refractivity contribution >= 4 is 42.2 Å². The topological polar surface area (TPSA) is 646 Å². The van der Waals surface area contributed by atoms with Gasteiger partial charge in [0.05, 0.1) is 18.8 Å². The quantitative estimate of drug-likeness (QED) is 0.0113. The molecule has 40 heteroatoms. The molecule has 6 heterocycles. The molecule has 0 saturated carbocycles. The molecule has 5 fully saturated rings. The number of hydrogen-bond acceptors (Lipinski definition) is 40. The van der Waals surface area contributed by atoms with Gasteiger partial charge in [0.25, 0.3) is 0 Å². The number of fused-ring (bicyclic) bond motifs is 1. The van der Waals surface area contributed by atoms with Crippen molar-refractivity contribution in [2.75, 3.05) is 33.0 Å². The standard InChI is InChI=1S/C72H80O40/c73-22-44-52(85)57(90)62(95)69(107-44)104-41-20-31(75)19-40-32(41)21-43(66(102-40)30-7-10-34(77)37(80)18-30)106-72-67(112-71-65(98)60(93)55(88)47(110-71)25-100-51(84)14-6-29-2-9-35(78)42(17-29)105-70-63(96)58(91)53(86)45(23-74)108-70)61(94)56(89)48(111-72)26-101-50(83)13-5-28-3-11-39(38(81)16-28)103-68-64(97)59(92)54(87)46(109-68)24-99-49(82)12-4-27-1-8-33(76)36(79)15-27/h1-21,44-48,52-81,85-98H,22-26H2. The number of aromatic hydroxyl groups is 7. The Morgan fingerprint density at radius 1 is 0.357 bits per heavy atom. The molecule has 0 amide bonds.